The van der Waals surface area contributed by atoms with Gasteiger partial charge in [0.2, 0.25) is 5.91 Å². The second-order valence-corrected chi connectivity index (χ2v) is 6.14. The Morgan fingerprint density at radius 3 is 2.44 bits per heavy atom. The number of anilines is 1. The molecule has 0 aliphatic rings. The third-order valence-corrected chi connectivity index (χ3v) is 4.16. The molecule has 25 heavy (non-hydrogen) atoms. The Hall–Kier alpha value is -2.41. The number of carbonyl (C=O) groups excluding carboxylic acids is 2. The third-order valence-electron chi connectivity index (χ3n) is 3.42. The van der Waals surface area contributed by atoms with Gasteiger partial charge in [-0.3, -0.25) is 9.59 Å². The van der Waals surface area contributed by atoms with Gasteiger partial charge in [-0.05, 0) is 49.1 Å². The molecule has 4 nitrogen and oxygen atoms in total. The van der Waals surface area contributed by atoms with Crippen molar-refractivity contribution in [1.82, 2.24) is 5.32 Å². The molecule has 0 aromatic heterocycles. The fourth-order valence-electron chi connectivity index (χ4n) is 2.12. The lowest BCUT2D eigenvalue weighted by Gasteiger charge is -2.07. The summed E-state index contributed by atoms with van der Waals surface area (Å²) in [6, 6.07) is 10.2. The van der Waals surface area contributed by atoms with E-state index in [4.69, 9.17) is 0 Å². The van der Waals surface area contributed by atoms with E-state index in [1.807, 2.05) is 30.5 Å². The van der Waals surface area contributed by atoms with Gasteiger partial charge in [-0.2, -0.15) is 0 Å². The number of rotatable bonds is 7. The van der Waals surface area contributed by atoms with Gasteiger partial charge in [0, 0.05) is 29.6 Å². The normalized spacial score (nSPS) is 10.4. The molecule has 0 heterocycles. The van der Waals surface area contributed by atoms with Gasteiger partial charge in [-0.25, -0.2) is 8.78 Å². The largest absolute Gasteiger partial charge is 0.352 e. The fourth-order valence-corrected chi connectivity index (χ4v) is 2.53. The Morgan fingerprint density at radius 2 is 1.80 bits per heavy atom. The third kappa shape index (κ3) is 5.86. The summed E-state index contributed by atoms with van der Waals surface area (Å²) in [6.07, 6.45) is 2.60. The first kappa shape index (κ1) is 18.9. The van der Waals surface area contributed by atoms with Crippen molar-refractivity contribution < 1.29 is 18.4 Å². The molecule has 0 saturated carbocycles. The van der Waals surface area contributed by atoms with Crippen LogP contribution in [0.3, 0.4) is 0 Å². The van der Waals surface area contributed by atoms with Crippen LogP contribution < -0.4 is 10.6 Å². The van der Waals surface area contributed by atoms with Crippen LogP contribution in [0.4, 0.5) is 14.5 Å². The number of halogens is 2. The minimum atomic E-state index is -0.913. The zero-order valence-electron chi connectivity index (χ0n) is 13.6. The van der Waals surface area contributed by atoms with E-state index in [9.17, 15) is 18.4 Å². The summed E-state index contributed by atoms with van der Waals surface area (Å²) in [5, 5.41) is 5.28. The summed E-state index contributed by atoms with van der Waals surface area (Å²) in [6.45, 7) is 0.217. The van der Waals surface area contributed by atoms with Crippen molar-refractivity contribution in [2.24, 2.45) is 0 Å². The Morgan fingerprint density at radius 1 is 1.08 bits per heavy atom. The highest BCUT2D eigenvalue weighted by molar-refractivity contribution is 7.98. The molecular formula is C18H18F2N2O2S. The van der Waals surface area contributed by atoms with Gasteiger partial charge in [0.05, 0.1) is 5.56 Å². The highest BCUT2D eigenvalue weighted by atomic mass is 32.2. The molecule has 0 saturated heterocycles. The number of thioether (sulfide) groups is 1. The van der Waals surface area contributed by atoms with E-state index < -0.39 is 17.5 Å². The molecule has 7 heteroatoms. The van der Waals surface area contributed by atoms with Crippen LogP contribution >= 0.6 is 11.8 Å². The van der Waals surface area contributed by atoms with Crippen molar-refractivity contribution in [1.29, 1.82) is 0 Å². The molecule has 0 radical (unpaired) electrons. The van der Waals surface area contributed by atoms with Crippen LogP contribution in [-0.2, 0) is 4.79 Å². The molecule has 132 valence electrons. The molecule has 0 aliphatic carbocycles. The zero-order chi connectivity index (χ0) is 18.2. The lowest BCUT2D eigenvalue weighted by molar-refractivity contribution is -0.116. The minimum Gasteiger partial charge on any atom is -0.352 e. The quantitative estimate of drug-likeness (QED) is 0.580. The molecular weight excluding hydrogens is 346 g/mol. The molecule has 2 aromatic carbocycles. The summed E-state index contributed by atoms with van der Waals surface area (Å²) < 4.78 is 26.3. The van der Waals surface area contributed by atoms with Gasteiger partial charge in [-0.15, -0.1) is 11.8 Å². The second kappa shape index (κ2) is 9.17. The van der Waals surface area contributed by atoms with Crippen molar-refractivity contribution in [2.45, 2.75) is 17.7 Å². The monoisotopic (exact) mass is 364 g/mol. The van der Waals surface area contributed by atoms with Crippen LogP contribution in [0.15, 0.2) is 47.4 Å². The summed E-state index contributed by atoms with van der Waals surface area (Å²) in [5.41, 5.74) is 0.486. The molecule has 0 aliphatic heterocycles. The average Bonchev–Trinajstić information content (AvgIpc) is 2.59. The highest BCUT2D eigenvalue weighted by Gasteiger charge is 2.12. The van der Waals surface area contributed by atoms with Crippen LogP contribution in [0.25, 0.3) is 0 Å². The van der Waals surface area contributed by atoms with Crippen LogP contribution in [0.2, 0.25) is 0 Å². The second-order valence-electron chi connectivity index (χ2n) is 5.26. The molecule has 0 unspecified atom stereocenters. The maximum Gasteiger partial charge on any atom is 0.254 e. The standard InChI is InChI=1S/C18H18F2N2O2S/c1-25-14-7-5-13(6-8-14)22-17(23)3-2-10-21-18(24)15-9-4-12(19)11-16(15)20/h4-9,11H,2-3,10H2,1H3,(H,21,24)(H,22,23). The van der Waals surface area contributed by atoms with Gasteiger partial charge in [0.1, 0.15) is 11.6 Å². The Kier molecular flexibility index (Phi) is 6.94. The molecule has 0 atom stereocenters. The van der Waals surface area contributed by atoms with Gasteiger partial charge in [0.15, 0.2) is 0 Å². The summed E-state index contributed by atoms with van der Waals surface area (Å²) in [7, 11) is 0. The van der Waals surface area contributed by atoms with Crippen molar-refractivity contribution >= 4 is 29.3 Å². The van der Waals surface area contributed by atoms with E-state index in [1.165, 1.54) is 0 Å². The number of nitrogens with one attached hydrogen (secondary N) is 2. The van der Waals surface area contributed by atoms with E-state index >= 15 is 0 Å². The molecule has 0 fully saturated rings. The predicted molar refractivity (Wildman–Crippen MR) is 94.8 cm³/mol. The lowest BCUT2D eigenvalue weighted by atomic mass is 10.2. The van der Waals surface area contributed by atoms with Crippen LogP contribution in [0, 0.1) is 11.6 Å². The molecule has 0 spiro atoms. The minimum absolute atomic E-state index is 0.167. The van der Waals surface area contributed by atoms with Crippen LogP contribution in [0.5, 0.6) is 0 Å². The topological polar surface area (TPSA) is 58.2 Å². The maximum absolute atomic E-state index is 13.5. The summed E-state index contributed by atoms with van der Waals surface area (Å²) in [4.78, 5) is 24.7. The van der Waals surface area contributed by atoms with E-state index in [2.05, 4.69) is 10.6 Å². The van der Waals surface area contributed by atoms with Gasteiger partial charge in [-0.1, -0.05) is 0 Å². The molecule has 2 rings (SSSR count). The first-order chi connectivity index (χ1) is 12.0. The molecule has 2 N–H and O–H groups in total. The summed E-state index contributed by atoms with van der Waals surface area (Å²) >= 11 is 1.62. The molecule has 0 bridgehead atoms. The van der Waals surface area contributed by atoms with Crippen molar-refractivity contribution in [3.05, 3.63) is 59.7 Å². The average molecular weight is 364 g/mol. The van der Waals surface area contributed by atoms with E-state index in [-0.39, 0.29) is 24.4 Å². The Balaban J connectivity index is 1.72. The number of hydrogen-bond acceptors (Lipinski definition) is 3. The number of benzene rings is 2. The number of carbonyl (C=O) groups is 2. The highest BCUT2D eigenvalue weighted by Crippen LogP contribution is 2.17. The van der Waals surface area contributed by atoms with Crippen molar-refractivity contribution in [2.75, 3.05) is 18.1 Å². The molecule has 2 amide bonds. The van der Waals surface area contributed by atoms with Crippen molar-refractivity contribution in [3.8, 4) is 0 Å². The number of amides is 2. The van der Waals surface area contributed by atoms with Crippen LogP contribution in [0.1, 0.15) is 23.2 Å². The van der Waals surface area contributed by atoms with Gasteiger partial charge >= 0.3 is 0 Å². The first-order valence-electron chi connectivity index (χ1n) is 7.67. The first-order valence-corrected chi connectivity index (χ1v) is 8.89. The van der Waals surface area contributed by atoms with Crippen molar-refractivity contribution in [3.63, 3.8) is 0 Å². The lowest BCUT2D eigenvalue weighted by Crippen LogP contribution is -2.26. The fraction of sp³-hybridized carbons (Fsp3) is 0.222. The predicted octanol–water partition coefficient (Wildman–Crippen LogP) is 3.84. The van der Waals surface area contributed by atoms with E-state index in [0.717, 1.165) is 17.0 Å². The van der Waals surface area contributed by atoms with E-state index in [1.54, 1.807) is 11.8 Å². The van der Waals surface area contributed by atoms with E-state index in [0.29, 0.717) is 18.2 Å². The molecule has 2 aromatic rings. The SMILES string of the molecule is CSc1ccc(NC(=O)CCCNC(=O)c2ccc(F)cc2F)cc1. The van der Waals surface area contributed by atoms with Gasteiger partial charge in [0.25, 0.3) is 5.91 Å². The number of hydrogen-bond donors (Lipinski definition) is 2. The maximum atomic E-state index is 13.5. The Bertz CT molecular complexity index is 751. The summed E-state index contributed by atoms with van der Waals surface area (Å²) in [5.74, 6) is -2.45. The van der Waals surface area contributed by atoms with Gasteiger partial charge < -0.3 is 10.6 Å². The smallest absolute Gasteiger partial charge is 0.254 e. The zero-order valence-corrected chi connectivity index (χ0v) is 14.5. The van der Waals surface area contributed by atoms with Crippen LogP contribution in [-0.4, -0.2) is 24.6 Å². The Labute approximate surface area is 149 Å².